The Bertz CT molecular complexity index is 750. The monoisotopic (exact) mass is 311 g/mol. The zero-order valence-corrected chi connectivity index (χ0v) is 12.0. The number of methoxy groups -OCH3 is 1. The molecule has 21 heavy (non-hydrogen) atoms. The third-order valence-corrected chi connectivity index (χ3v) is 3.69. The van der Waals surface area contributed by atoms with E-state index in [1.54, 1.807) is 18.3 Å². The van der Waals surface area contributed by atoms with Gasteiger partial charge in [0.05, 0.1) is 17.7 Å². The molecule has 1 aromatic heterocycles. The summed E-state index contributed by atoms with van der Waals surface area (Å²) in [6, 6.07) is 6.95. The molecule has 0 saturated heterocycles. The number of aromatic nitrogens is 1. The first-order chi connectivity index (χ1) is 9.91. The molecule has 8 heteroatoms. The molecule has 0 fully saturated rings. The van der Waals surface area contributed by atoms with E-state index in [0.717, 1.165) is 11.6 Å². The van der Waals surface area contributed by atoms with Gasteiger partial charge in [0.1, 0.15) is 5.82 Å². The van der Waals surface area contributed by atoms with Crippen molar-refractivity contribution in [1.82, 2.24) is 4.98 Å². The van der Waals surface area contributed by atoms with Crippen LogP contribution >= 0.6 is 0 Å². The predicted octanol–water partition coefficient (Wildman–Crippen LogP) is 1.49. The molecule has 0 bridgehead atoms. The Morgan fingerprint density at radius 3 is 2.76 bits per heavy atom. The number of primary sulfonamides is 1. The molecule has 6 nitrogen and oxygen atoms in total. The molecule has 1 aromatic carbocycles. The van der Waals surface area contributed by atoms with Crippen LogP contribution in [0.25, 0.3) is 0 Å². The zero-order valence-electron chi connectivity index (χ0n) is 11.2. The van der Waals surface area contributed by atoms with E-state index in [2.05, 4.69) is 10.3 Å². The topological polar surface area (TPSA) is 94.3 Å². The Balaban J connectivity index is 2.17. The van der Waals surface area contributed by atoms with Crippen LogP contribution in [0.5, 0.6) is 5.88 Å². The van der Waals surface area contributed by atoms with Crippen molar-refractivity contribution in [3.8, 4) is 5.88 Å². The summed E-state index contributed by atoms with van der Waals surface area (Å²) in [6.45, 7) is 0.280. The highest BCUT2D eigenvalue weighted by atomic mass is 32.2. The van der Waals surface area contributed by atoms with E-state index in [4.69, 9.17) is 9.88 Å². The van der Waals surface area contributed by atoms with Crippen LogP contribution in [0.3, 0.4) is 0 Å². The molecular formula is C13H14FN3O3S. The number of halogens is 1. The number of sulfonamides is 1. The minimum atomic E-state index is -3.92. The molecular weight excluding hydrogens is 297 g/mol. The average molecular weight is 311 g/mol. The van der Waals surface area contributed by atoms with Crippen LogP contribution in [-0.2, 0) is 16.6 Å². The molecule has 0 atom stereocenters. The van der Waals surface area contributed by atoms with Gasteiger partial charge in [-0.25, -0.2) is 22.9 Å². The predicted molar refractivity (Wildman–Crippen MR) is 75.9 cm³/mol. The van der Waals surface area contributed by atoms with E-state index in [0.29, 0.717) is 5.88 Å². The van der Waals surface area contributed by atoms with Crippen molar-refractivity contribution in [2.24, 2.45) is 5.14 Å². The van der Waals surface area contributed by atoms with E-state index in [9.17, 15) is 12.8 Å². The first-order valence-corrected chi connectivity index (χ1v) is 7.50. The van der Waals surface area contributed by atoms with E-state index in [-0.39, 0.29) is 17.1 Å². The van der Waals surface area contributed by atoms with Crippen LogP contribution in [0, 0.1) is 5.82 Å². The summed E-state index contributed by atoms with van der Waals surface area (Å²) in [5, 5.41) is 7.79. The molecule has 112 valence electrons. The molecule has 3 N–H and O–H groups in total. The summed E-state index contributed by atoms with van der Waals surface area (Å²) in [5.41, 5.74) is 0.906. The highest BCUT2D eigenvalue weighted by molar-refractivity contribution is 7.89. The van der Waals surface area contributed by atoms with Gasteiger partial charge in [0.2, 0.25) is 15.9 Å². The second-order valence-electron chi connectivity index (χ2n) is 4.21. The maximum absolute atomic E-state index is 13.8. The van der Waals surface area contributed by atoms with Crippen molar-refractivity contribution in [2.45, 2.75) is 11.4 Å². The second-order valence-corrected chi connectivity index (χ2v) is 5.77. The van der Waals surface area contributed by atoms with Crippen molar-refractivity contribution in [3.63, 3.8) is 0 Å². The van der Waals surface area contributed by atoms with Crippen molar-refractivity contribution in [3.05, 3.63) is 47.9 Å². The number of nitrogens with zero attached hydrogens (tertiary/aromatic N) is 1. The number of nitrogens with two attached hydrogens (primary N) is 1. The van der Waals surface area contributed by atoms with Gasteiger partial charge in [-0.15, -0.1) is 0 Å². The highest BCUT2D eigenvalue weighted by Gasteiger charge is 2.12. The summed E-state index contributed by atoms with van der Waals surface area (Å²) in [7, 11) is -2.42. The molecule has 0 radical (unpaired) electrons. The fourth-order valence-corrected chi connectivity index (χ4v) is 2.27. The highest BCUT2D eigenvalue weighted by Crippen LogP contribution is 2.20. The Labute approximate surface area is 121 Å². The van der Waals surface area contributed by atoms with Crippen LogP contribution in [0.2, 0.25) is 0 Å². The number of rotatable bonds is 5. The van der Waals surface area contributed by atoms with Gasteiger partial charge in [-0.05, 0) is 24.3 Å². The molecule has 0 aliphatic carbocycles. The largest absolute Gasteiger partial charge is 0.481 e. The van der Waals surface area contributed by atoms with Crippen LogP contribution in [0.15, 0.2) is 41.4 Å². The Hall–Kier alpha value is -2.19. The van der Waals surface area contributed by atoms with Gasteiger partial charge in [-0.3, -0.25) is 0 Å². The van der Waals surface area contributed by atoms with E-state index >= 15 is 0 Å². The van der Waals surface area contributed by atoms with Crippen molar-refractivity contribution < 1.29 is 17.5 Å². The fraction of sp³-hybridized carbons (Fsp3) is 0.154. The number of nitrogens with one attached hydrogen (secondary N) is 1. The lowest BCUT2D eigenvalue weighted by molar-refractivity contribution is 0.393. The van der Waals surface area contributed by atoms with Gasteiger partial charge in [-0.1, -0.05) is 6.07 Å². The van der Waals surface area contributed by atoms with Gasteiger partial charge in [0, 0.05) is 18.3 Å². The van der Waals surface area contributed by atoms with Gasteiger partial charge >= 0.3 is 0 Å². The first kappa shape index (κ1) is 15.2. The zero-order chi connectivity index (χ0) is 15.5. The summed E-state index contributed by atoms with van der Waals surface area (Å²) in [6.07, 6.45) is 1.59. The van der Waals surface area contributed by atoms with Gasteiger partial charge in [0.25, 0.3) is 0 Å². The normalized spacial score (nSPS) is 11.2. The van der Waals surface area contributed by atoms with Gasteiger partial charge in [0.15, 0.2) is 0 Å². The Kier molecular flexibility index (Phi) is 4.39. The smallest absolute Gasteiger partial charge is 0.238 e. The van der Waals surface area contributed by atoms with Gasteiger partial charge < -0.3 is 10.1 Å². The quantitative estimate of drug-likeness (QED) is 0.872. The average Bonchev–Trinajstić information content (AvgIpc) is 2.45. The number of ether oxygens (including phenoxy) is 1. The lowest BCUT2D eigenvalue weighted by atomic mass is 10.2. The maximum Gasteiger partial charge on any atom is 0.238 e. The lowest BCUT2D eigenvalue weighted by Gasteiger charge is -2.10. The van der Waals surface area contributed by atoms with Crippen molar-refractivity contribution in [2.75, 3.05) is 12.4 Å². The minimum absolute atomic E-state index is 0.160. The van der Waals surface area contributed by atoms with Crippen LogP contribution < -0.4 is 15.2 Å². The molecule has 0 spiro atoms. The van der Waals surface area contributed by atoms with E-state index in [1.165, 1.54) is 19.2 Å². The SMILES string of the molecule is COc1ncccc1CNc1ccc(S(N)(=O)=O)cc1F. The number of benzene rings is 1. The molecule has 0 aliphatic heterocycles. The maximum atomic E-state index is 13.8. The second kappa shape index (κ2) is 6.06. The van der Waals surface area contributed by atoms with Crippen molar-refractivity contribution >= 4 is 15.7 Å². The molecule has 0 aliphatic rings. The summed E-state index contributed by atoms with van der Waals surface area (Å²) >= 11 is 0. The van der Waals surface area contributed by atoms with Crippen LogP contribution in [-0.4, -0.2) is 20.5 Å². The lowest BCUT2D eigenvalue weighted by Crippen LogP contribution is -2.13. The van der Waals surface area contributed by atoms with Crippen molar-refractivity contribution in [1.29, 1.82) is 0 Å². The molecule has 0 amide bonds. The number of hydrogen-bond donors (Lipinski definition) is 2. The van der Waals surface area contributed by atoms with E-state index in [1.807, 2.05) is 0 Å². The van der Waals surface area contributed by atoms with Crippen LogP contribution in [0.4, 0.5) is 10.1 Å². The third kappa shape index (κ3) is 3.67. The molecule has 0 saturated carbocycles. The number of hydrogen-bond acceptors (Lipinski definition) is 5. The summed E-state index contributed by atoms with van der Waals surface area (Å²) in [5.74, 6) is -0.268. The molecule has 1 heterocycles. The molecule has 0 unspecified atom stereocenters. The summed E-state index contributed by atoms with van der Waals surface area (Å²) in [4.78, 5) is 3.75. The molecule has 2 rings (SSSR count). The van der Waals surface area contributed by atoms with E-state index < -0.39 is 15.8 Å². The summed E-state index contributed by atoms with van der Waals surface area (Å²) < 4.78 is 41.2. The van der Waals surface area contributed by atoms with Crippen LogP contribution in [0.1, 0.15) is 5.56 Å². The Morgan fingerprint density at radius 1 is 1.38 bits per heavy atom. The fourth-order valence-electron chi connectivity index (χ4n) is 1.75. The Morgan fingerprint density at radius 2 is 2.14 bits per heavy atom. The number of anilines is 1. The van der Waals surface area contributed by atoms with Gasteiger partial charge in [-0.2, -0.15) is 0 Å². The number of pyridine rings is 1. The third-order valence-electron chi connectivity index (χ3n) is 2.78. The molecule has 2 aromatic rings. The standard InChI is InChI=1S/C13H14FN3O3S/c1-20-13-9(3-2-6-16-13)8-17-12-5-4-10(7-11(12)14)21(15,18)19/h2-7,17H,8H2,1H3,(H2,15,18,19). The minimum Gasteiger partial charge on any atom is -0.481 e. The first-order valence-electron chi connectivity index (χ1n) is 5.96.